The van der Waals surface area contributed by atoms with E-state index in [1.54, 1.807) is 24.3 Å². The molecule has 0 aromatic heterocycles. The van der Waals surface area contributed by atoms with Crippen molar-refractivity contribution in [2.24, 2.45) is 0 Å². The molecule has 0 atom stereocenters. The van der Waals surface area contributed by atoms with E-state index in [9.17, 15) is 9.59 Å². The Kier molecular flexibility index (Phi) is 8.43. The van der Waals surface area contributed by atoms with Gasteiger partial charge in [-0.05, 0) is 67.3 Å². The van der Waals surface area contributed by atoms with Gasteiger partial charge in [-0.3, -0.25) is 4.79 Å². The number of carbonyl (C=O) groups excluding carboxylic acids is 1. The number of anilines is 1. The van der Waals surface area contributed by atoms with Crippen LogP contribution in [0.25, 0.3) is 0 Å². The van der Waals surface area contributed by atoms with E-state index in [1.807, 2.05) is 24.3 Å². The molecule has 0 aliphatic rings. The number of hydrogen-bond donors (Lipinski definition) is 2. The molecule has 0 aliphatic heterocycles. The normalized spacial score (nSPS) is 10.2. The number of rotatable bonds is 11. The molecule has 2 N–H and O–H groups in total. The van der Waals surface area contributed by atoms with E-state index in [-0.39, 0.29) is 11.4 Å². The average Bonchev–Trinajstić information content (AvgIpc) is 2.84. The summed E-state index contributed by atoms with van der Waals surface area (Å²) in [6, 6.07) is 23.4. The number of carbonyl (C=O) groups is 2. The molecule has 3 rings (SSSR count). The highest BCUT2D eigenvalue weighted by Gasteiger charge is 2.12. The third kappa shape index (κ3) is 7.40. The number of carboxylic acid groups (broad SMARTS) is 1. The fourth-order valence-corrected chi connectivity index (χ4v) is 3.13. The molecule has 0 spiro atoms. The van der Waals surface area contributed by atoms with Crippen LogP contribution in [0.2, 0.25) is 0 Å². The zero-order chi connectivity index (χ0) is 23.5. The number of nitrogens with one attached hydrogen (secondary N) is 1. The van der Waals surface area contributed by atoms with Crippen LogP contribution in [0, 0.1) is 11.3 Å². The Hall–Kier alpha value is -4.31. The molecule has 0 fully saturated rings. The van der Waals surface area contributed by atoms with Gasteiger partial charge in [0.15, 0.2) is 6.61 Å². The zero-order valence-corrected chi connectivity index (χ0v) is 18.0. The SMILES string of the molecule is N#Cc1ccc(OCC(=O)O)c(NC(=O)c2ccc(OCCCCc3ccccc3)cc2)c1. The summed E-state index contributed by atoms with van der Waals surface area (Å²) in [5.41, 5.74) is 2.23. The highest BCUT2D eigenvalue weighted by atomic mass is 16.5. The molecule has 0 saturated carbocycles. The molecule has 0 aliphatic carbocycles. The molecule has 0 bridgehead atoms. The third-order valence-corrected chi connectivity index (χ3v) is 4.80. The van der Waals surface area contributed by atoms with Gasteiger partial charge in [0.2, 0.25) is 0 Å². The summed E-state index contributed by atoms with van der Waals surface area (Å²) in [5.74, 6) is -0.726. The fourth-order valence-electron chi connectivity index (χ4n) is 3.13. The molecule has 33 heavy (non-hydrogen) atoms. The number of aryl methyl sites for hydroxylation is 1. The predicted octanol–water partition coefficient (Wildman–Crippen LogP) is 4.68. The summed E-state index contributed by atoms with van der Waals surface area (Å²) in [6.07, 6.45) is 2.96. The van der Waals surface area contributed by atoms with E-state index in [4.69, 9.17) is 19.8 Å². The minimum absolute atomic E-state index is 0.167. The highest BCUT2D eigenvalue weighted by molar-refractivity contribution is 6.05. The van der Waals surface area contributed by atoms with Gasteiger partial charge in [0.25, 0.3) is 5.91 Å². The quantitative estimate of drug-likeness (QED) is 0.416. The van der Waals surface area contributed by atoms with Crippen molar-refractivity contribution in [1.29, 1.82) is 5.26 Å². The summed E-state index contributed by atoms with van der Waals surface area (Å²) < 4.78 is 11.0. The molecule has 0 saturated heterocycles. The number of benzene rings is 3. The third-order valence-electron chi connectivity index (χ3n) is 4.80. The lowest BCUT2D eigenvalue weighted by Gasteiger charge is -2.12. The Morgan fingerprint density at radius 2 is 1.70 bits per heavy atom. The molecular weight excluding hydrogens is 420 g/mol. The van der Waals surface area contributed by atoms with E-state index >= 15 is 0 Å². The molecule has 3 aromatic carbocycles. The lowest BCUT2D eigenvalue weighted by Crippen LogP contribution is -2.15. The number of carboxylic acids is 1. The Morgan fingerprint density at radius 3 is 2.39 bits per heavy atom. The number of aliphatic carboxylic acids is 1. The van der Waals surface area contributed by atoms with Crippen molar-refractivity contribution in [2.75, 3.05) is 18.5 Å². The monoisotopic (exact) mass is 444 g/mol. The van der Waals surface area contributed by atoms with Gasteiger partial charge in [-0.25, -0.2) is 4.79 Å². The first-order valence-corrected chi connectivity index (χ1v) is 10.5. The lowest BCUT2D eigenvalue weighted by molar-refractivity contribution is -0.139. The maximum absolute atomic E-state index is 12.6. The van der Waals surface area contributed by atoms with Crippen molar-refractivity contribution in [1.82, 2.24) is 0 Å². The van der Waals surface area contributed by atoms with Gasteiger partial charge >= 0.3 is 5.97 Å². The van der Waals surface area contributed by atoms with Crippen LogP contribution < -0.4 is 14.8 Å². The van der Waals surface area contributed by atoms with Gasteiger partial charge < -0.3 is 19.9 Å². The minimum atomic E-state index is -1.15. The van der Waals surface area contributed by atoms with Crippen LogP contribution in [0.15, 0.2) is 72.8 Å². The van der Waals surface area contributed by atoms with Crippen molar-refractivity contribution >= 4 is 17.6 Å². The standard InChI is InChI=1S/C26H24N2O5/c27-17-20-9-14-24(33-18-25(29)30)23(16-20)28-26(31)21-10-12-22(13-11-21)32-15-5-4-8-19-6-2-1-3-7-19/h1-3,6-7,9-14,16H,4-5,8,15,18H2,(H,28,31)(H,29,30). The largest absolute Gasteiger partial charge is 0.494 e. The second-order valence-corrected chi connectivity index (χ2v) is 7.27. The van der Waals surface area contributed by atoms with E-state index < -0.39 is 18.5 Å². The maximum Gasteiger partial charge on any atom is 0.341 e. The second kappa shape index (κ2) is 11.9. The van der Waals surface area contributed by atoms with Crippen LogP contribution in [0.5, 0.6) is 11.5 Å². The number of amides is 1. The average molecular weight is 444 g/mol. The van der Waals surface area contributed by atoms with E-state index in [1.165, 1.54) is 23.8 Å². The topological polar surface area (TPSA) is 109 Å². The van der Waals surface area contributed by atoms with E-state index in [0.29, 0.717) is 23.5 Å². The van der Waals surface area contributed by atoms with Crippen LogP contribution in [0.3, 0.4) is 0 Å². The summed E-state index contributed by atoms with van der Waals surface area (Å²) in [5, 5.41) is 20.6. The highest BCUT2D eigenvalue weighted by Crippen LogP contribution is 2.26. The fraction of sp³-hybridized carbons (Fsp3) is 0.192. The number of nitrogens with zero attached hydrogens (tertiary/aromatic N) is 1. The Balaban J connectivity index is 1.52. The van der Waals surface area contributed by atoms with Crippen LogP contribution in [-0.4, -0.2) is 30.2 Å². The number of hydrogen-bond acceptors (Lipinski definition) is 5. The molecule has 3 aromatic rings. The summed E-state index contributed by atoms with van der Waals surface area (Å²) in [4.78, 5) is 23.4. The van der Waals surface area contributed by atoms with Crippen molar-refractivity contribution in [2.45, 2.75) is 19.3 Å². The number of unbranched alkanes of at least 4 members (excludes halogenated alkanes) is 1. The first kappa shape index (κ1) is 23.4. The van der Waals surface area contributed by atoms with Gasteiger partial charge in [0, 0.05) is 5.56 Å². The Labute approximate surface area is 192 Å². The first-order valence-electron chi connectivity index (χ1n) is 10.5. The number of ether oxygens (including phenoxy) is 2. The van der Waals surface area contributed by atoms with Crippen LogP contribution in [0.1, 0.15) is 34.3 Å². The van der Waals surface area contributed by atoms with Crippen LogP contribution in [0.4, 0.5) is 5.69 Å². The van der Waals surface area contributed by atoms with Gasteiger partial charge in [-0.1, -0.05) is 30.3 Å². The van der Waals surface area contributed by atoms with Gasteiger partial charge in [-0.2, -0.15) is 5.26 Å². The molecule has 0 heterocycles. The summed E-state index contributed by atoms with van der Waals surface area (Å²) in [7, 11) is 0. The molecule has 1 amide bonds. The smallest absolute Gasteiger partial charge is 0.341 e. The van der Waals surface area contributed by atoms with Crippen molar-refractivity contribution < 1.29 is 24.2 Å². The minimum Gasteiger partial charge on any atom is -0.494 e. The molecule has 7 heteroatoms. The van der Waals surface area contributed by atoms with Crippen LogP contribution in [-0.2, 0) is 11.2 Å². The maximum atomic E-state index is 12.6. The zero-order valence-electron chi connectivity index (χ0n) is 18.0. The van der Waals surface area contributed by atoms with Crippen molar-refractivity contribution in [3.05, 3.63) is 89.5 Å². The predicted molar refractivity (Wildman–Crippen MR) is 124 cm³/mol. The second-order valence-electron chi connectivity index (χ2n) is 7.27. The first-order chi connectivity index (χ1) is 16.0. The van der Waals surface area contributed by atoms with Gasteiger partial charge in [0.1, 0.15) is 11.5 Å². The van der Waals surface area contributed by atoms with Gasteiger partial charge in [0.05, 0.1) is 23.9 Å². The number of nitriles is 1. The van der Waals surface area contributed by atoms with E-state index in [0.717, 1.165) is 19.3 Å². The molecule has 0 unspecified atom stereocenters. The van der Waals surface area contributed by atoms with Crippen molar-refractivity contribution in [3.63, 3.8) is 0 Å². The molecular formula is C26H24N2O5. The summed E-state index contributed by atoms with van der Waals surface area (Å²) in [6.45, 7) is 0.0236. The molecule has 168 valence electrons. The van der Waals surface area contributed by atoms with Crippen molar-refractivity contribution in [3.8, 4) is 17.6 Å². The van der Waals surface area contributed by atoms with Gasteiger partial charge in [-0.15, -0.1) is 0 Å². The Morgan fingerprint density at radius 1 is 0.939 bits per heavy atom. The lowest BCUT2D eigenvalue weighted by atomic mass is 10.1. The molecule has 0 radical (unpaired) electrons. The van der Waals surface area contributed by atoms with E-state index in [2.05, 4.69) is 17.4 Å². The van der Waals surface area contributed by atoms with Crippen LogP contribution >= 0.6 is 0 Å². The Bertz CT molecular complexity index is 1120. The summed E-state index contributed by atoms with van der Waals surface area (Å²) >= 11 is 0. The molecule has 7 nitrogen and oxygen atoms in total.